The number of likely N-dealkylation sites (N-methyl/N-ethyl adjacent to an activating group) is 1. The Hall–Kier alpha value is -2.40. The number of nitrogens with one attached hydrogen (secondary N) is 1. The third-order valence-corrected chi connectivity index (χ3v) is 8.01. The zero-order valence-corrected chi connectivity index (χ0v) is 20.5. The summed E-state index contributed by atoms with van der Waals surface area (Å²) in [5.41, 5.74) is 6.35. The molecular weight excluding hydrogens is 412 g/mol. The molecule has 1 aromatic carbocycles. The van der Waals surface area contributed by atoms with Crippen LogP contribution in [0.5, 0.6) is 0 Å². The highest BCUT2D eigenvalue weighted by Crippen LogP contribution is 2.45. The van der Waals surface area contributed by atoms with Gasteiger partial charge in [0.1, 0.15) is 0 Å². The molecule has 0 unspecified atom stereocenters. The molecule has 2 aromatic rings. The van der Waals surface area contributed by atoms with E-state index in [9.17, 15) is 0 Å². The topological polar surface area (TPSA) is 31.4 Å². The van der Waals surface area contributed by atoms with Crippen molar-refractivity contribution in [2.24, 2.45) is 0 Å². The summed E-state index contributed by atoms with van der Waals surface area (Å²) in [6, 6.07) is 13.9. The molecule has 0 spiro atoms. The quantitative estimate of drug-likeness (QED) is 0.583. The number of rotatable bonds is 3. The molecule has 1 saturated heterocycles. The van der Waals surface area contributed by atoms with Crippen LogP contribution in [-0.2, 0) is 0 Å². The maximum Gasteiger partial charge on any atom is 0.170 e. The Kier molecular flexibility index (Phi) is 5.48. The fourth-order valence-electron chi connectivity index (χ4n) is 5.84. The lowest BCUT2D eigenvalue weighted by Gasteiger charge is -2.41. The van der Waals surface area contributed by atoms with Gasteiger partial charge in [-0.25, -0.2) is 0 Å². The van der Waals surface area contributed by atoms with Gasteiger partial charge >= 0.3 is 0 Å². The van der Waals surface area contributed by atoms with Crippen LogP contribution in [0.15, 0.2) is 48.7 Å². The van der Waals surface area contributed by atoms with Crippen LogP contribution in [0.1, 0.15) is 81.8 Å². The predicted molar refractivity (Wildman–Crippen MR) is 137 cm³/mol. The number of thiocarbonyl (C=S) groups is 1. The summed E-state index contributed by atoms with van der Waals surface area (Å²) in [6.45, 7) is 6.78. The van der Waals surface area contributed by atoms with Crippen LogP contribution in [0.25, 0.3) is 5.57 Å². The molecule has 5 heteroatoms. The first kappa shape index (κ1) is 21.4. The van der Waals surface area contributed by atoms with Crippen LogP contribution in [0.3, 0.4) is 0 Å². The summed E-state index contributed by atoms with van der Waals surface area (Å²) in [4.78, 5) is 9.60. The Balaban J connectivity index is 1.60. The zero-order valence-electron chi connectivity index (χ0n) is 19.6. The predicted octanol–water partition coefficient (Wildman–Crippen LogP) is 6.02. The van der Waals surface area contributed by atoms with Crippen LogP contribution in [0.4, 0.5) is 5.69 Å². The van der Waals surface area contributed by atoms with E-state index < -0.39 is 0 Å². The molecule has 168 valence electrons. The molecule has 1 aliphatic carbocycles. The molecule has 3 aliphatic rings. The number of hydrogen-bond donors (Lipinski definition) is 1. The maximum atomic E-state index is 5.94. The van der Waals surface area contributed by atoms with Gasteiger partial charge in [0.05, 0.1) is 23.3 Å². The van der Waals surface area contributed by atoms with Crippen molar-refractivity contribution in [3.05, 3.63) is 65.5 Å². The SMILES string of the molecule is CC1=CC(C)(C)N(C)c2ccc([C@@H]3[C@@H](c4ccccn4)NC(=S)N3C3CCCCC3)cc21. The van der Waals surface area contributed by atoms with Gasteiger partial charge in [-0.15, -0.1) is 0 Å². The first-order valence-electron chi connectivity index (χ1n) is 11.9. The summed E-state index contributed by atoms with van der Waals surface area (Å²) in [7, 11) is 2.19. The Morgan fingerprint density at radius 3 is 2.59 bits per heavy atom. The van der Waals surface area contributed by atoms with E-state index in [1.54, 1.807) is 0 Å². The van der Waals surface area contributed by atoms with Crippen LogP contribution in [0, 0.1) is 0 Å². The highest BCUT2D eigenvalue weighted by molar-refractivity contribution is 7.80. The van der Waals surface area contributed by atoms with E-state index in [0.29, 0.717) is 6.04 Å². The van der Waals surface area contributed by atoms with Gasteiger partial charge in [-0.05, 0) is 81.2 Å². The number of allylic oxidation sites excluding steroid dienone is 1. The second kappa shape index (κ2) is 8.18. The number of aromatic nitrogens is 1. The van der Waals surface area contributed by atoms with Gasteiger partial charge in [0.15, 0.2) is 5.11 Å². The van der Waals surface area contributed by atoms with Crippen molar-refractivity contribution in [3.63, 3.8) is 0 Å². The second-order valence-electron chi connectivity index (χ2n) is 10.1. The minimum atomic E-state index is 0.0136. The lowest BCUT2D eigenvalue weighted by atomic mass is 9.86. The van der Waals surface area contributed by atoms with Crippen LogP contribution < -0.4 is 10.2 Å². The number of nitrogens with zero attached hydrogens (tertiary/aromatic N) is 3. The van der Waals surface area contributed by atoms with Crippen molar-refractivity contribution in [2.45, 2.75) is 76.5 Å². The third-order valence-electron chi connectivity index (χ3n) is 7.69. The van der Waals surface area contributed by atoms with E-state index in [0.717, 1.165) is 10.8 Å². The van der Waals surface area contributed by atoms with E-state index in [1.165, 1.54) is 54.5 Å². The van der Waals surface area contributed by atoms with Gasteiger partial charge in [-0.1, -0.05) is 37.5 Å². The number of hydrogen-bond acceptors (Lipinski definition) is 3. The van der Waals surface area contributed by atoms with E-state index >= 15 is 0 Å². The summed E-state index contributed by atoms with van der Waals surface area (Å²) in [6.07, 6.45) is 10.6. The van der Waals surface area contributed by atoms with E-state index in [-0.39, 0.29) is 17.6 Å². The Bertz CT molecular complexity index is 1040. The molecule has 1 saturated carbocycles. The van der Waals surface area contributed by atoms with E-state index in [4.69, 9.17) is 17.2 Å². The Morgan fingerprint density at radius 2 is 1.88 bits per heavy atom. The molecule has 0 amide bonds. The summed E-state index contributed by atoms with van der Waals surface area (Å²) in [5.74, 6) is 0. The Morgan fingerprint density at radius 1 is 1.09 bits per heavy atom. The van der Waals surface area contributed by atoms with Crippen molar-refractivity contribution in [3.8, 4) is 0 Å². The zero-order chi connectivity index (χ0) is 22.5. The van der Waals surface area contributed by atoms with Crippen LogP contribution in [0.2, 0.25) is 0 Å². The largest absolute Gasteiger partial charge is 0.366 e. The number of benzene rings is 1. The van der Waals surface area contributed by atoms with Gasteiger partial charge in [-0.3, -0.25) is 4.98 Å². The normalized spacial score (nSPS) is 25.4. The lowest BCUT2D eigenvalue weighted by molar-refractivity contribution is 0.197. The molecule has 0 bridgehead atoms. The smallest absolute Gasteiger partial charge is 0.170 e. The fourth-order valence-corrected chi connectivity index (χ4v) is 6.22. The molecule has 2 aliphatic heterocycles. The van der Waals surface area contributed by atoms with E-state index in [2.05, 4.69) is 79.3 Å². The molecule has 32 heavy (non-hydrogen) atoms. The summed E-state index contributed by atoms with van der Waals surface area (Å²) >= 11 is 5.94. The molecule has 3 heterocycles. The van der Waals surface area contributed by atoms with Crippen molar-refractivity contribution < 1.29 is 0 Å². The standard InChI is InChI=1S/C27H34N4S/c1-18-17-27(2,3)30(4)23-14-13-19(16-21(18)23)25-24(22-12-8-9-15-28-22)29-26(32)31(25)20-10-6-5-7-11-20/h8-9,12-17,20,24-25H,5-7,10-11H2,1-4H3,(H,29,32)/t24-,25-/m1/s1. The Labute approximate surface area is 197 Å². The lowest BCUT2D eigenvalue weighted by Crippen LogP contribution is -2.42. The number of anilines is 1. The monoisotopic (exact) mass is 446 g/mol. The van der Waals surface area contributed by atoms with Gasteiger partial charge in [0.2, 0.25) is 0 Å². The first-order chi connectivity index (χ1) is 15.4. The van der Waals surface area contributed by atoms with Crippen molar-refractivity contribution >= 4 is 28.6 Å². The van der Waals surface area contributed by atoms with Crippen LogP contribution >= 0.6 is 12.2 Å². The molecule has 1 N–H and O–H groups in total. The molecule has 0 radical (unpaired) electrons. The molecule has 2 atom stereocenters. The first-order valence-corrected chi connectivity index (χ1v) is 12.3. The fraction of sp³-hybridized carbons (Fsp3) is 0.481. The second-order valence-corrected chi connectivity index (χ2v) is 10.5. The number of fused-ring (bicyclic) bond motifs is 1. The summed E-state index contributed by atoms with van der Waals surface area (Å²) in [5, 5.41) is 4.52. The molecule has 5 rings (SSSR count). The average Bonchev–Trinajstić information content (AvgIpc) is 3.15. The maximum absolute atomic E-state index is 5.94. The highest BCUT2D eigenvalue weighted by atomic mass is 32.1. The highest BCUT2D eigenvalue weighted by Gasteiger charge is 2.43. The minimum absolute atomic E-state index is 0.0136. The molecular formula is C27H34N4S. The van der Waals surface area contributed by atoms with Crippen molar-refractivity contribution in [1.29, 1.82) is 0 Å². The molecule has 2 fully saturated rings. The van der Waals surface area contributed by atoms with Crippen molar-refractivity contribution in [1.82, 2.24) is 15.2 Å². The molecule has 4 nitrogen and oxygen atoms in total. The van der Waals surface area contributed by atoms with Gasteiger partial charge in [0.25, 0.3) is 0 Å². The van der Waals surface area contributed by atoms with Crippen molar-refractivity contribution in [2.75, 3.05) is 11.9 Å². The minimum Gasteiger partial charge on any atom is -0.366 e. The van der Waals surface area contributed by atoms with Gasteiger partial charge in [0, 0.05) is 30.5 Å². The average molecular weight is 447 g/mol. The van der Waals surface area contributed by atoms with Gasteiger partial charge in [-0.2, -0.15) is 0 Å². The summed E-state index contributed by atoms with van der Waals surface area (Å²) < 4.78 is 0. The van der Waals surface area contributed by atoms with Gasteiger partial charge < -0.3 is 15.1 Å². The number of pyridine rings is 1. The van der Waals surface area contributed by atoms with Crippen LogP contribution in [-0.4, -0.2) is 33.6 Å². The third kappa shape index (κ3) is 3.61. The molecule has 1 aromatic heterocycles. The van der Waals surface area contributed by atoms with E-state index in [1.807, 2.05) is 12.3 Å².